The van der Waals surface area contributed by atoms with Gasteiger partial charge in [-0.1, -0.05) is 24.3 Å². The molecule has 0 aliphatic rings. The first-order valence-electron chi connectivity index (χ1n) is 7.13. The van der Waals surface area contributed by atoms with Crippen molar-refractivity contribution in [2.24, 2.45) is 0 Å². The Morgan fingerprint density at radius 1 is 1.17 bits per heavy atom. The Bertz CT molecular complexity index is 548. The standard InChI is InChI=1S/C15H20F3O3PS/c1-4-20-22(19,21-5-2)23-12(3)6-7-13-8-10-14(11-9-13)15(16,17)18/h6-12H,4-5H2,1-3H3/b7-6+. The van der Waals surface area contributed by atoms with Gasteiger partial charge in [0.15, 0.2) is 0 Å². The zero-order valence-corrected chi connectivity index (χ0v) is 14.9. The third-order valence-corrected chi connectivity index (χ3v) is 6.97. The summed E-state index contributed by atoms with van der Waals surface area (Å²) >= 11 is 1.07. The van der Waals surface area contributed by atoms with Gasteiger partial charge in [-0.25, -0.2) is 4.57 Å². The molecule has 0 aliphatic heterocycles. The molecule has 0 saturated heterocycles. The van der Waals surface area contributed by atoms with E-state index in [4.69, 9.17) is 9.05 Å². The predicted molar refractivity (Wildman–Crippen MR) is 88.4 cm³/mol. The van der Waals surface area contributed by atoms with Crippen molar-refractivity contribution in [3.8, 4) is 0 Å². The molecule has 0 saturated carbocycles. The molecule has 0 N–H and O–H groups in total. The van der Waals surface area contributed by atoms with Crippen molar-refractivity contribution in [3.63, 3.8) is 0 Å². The van der Waals surface area contributed by atoms with Gasteiger partial charge in [0.05, 0.1) is 18.8 Å². The van der Waals surface area contributed by atoms with Crippen LogP contribution in [0.25, 0.3) is 6.08 Å². The molecule has 0 radical (unpaired) electrons. The molecule has 0 aliphatic carbocycles. The molecule has 130 valence electrons. The van der Waals surface area contributed by atoms with Crippen LogP contribution < -0.4 is 0 Å². The fourth-order valence-corrected chi connectivity index (χ4v) is 5.50. The summed E-state index contributed by atoms with van der Waals surface area (Å²) < 4.78 is 60.2. The molecule has 1 rings (SSSR count). The summed E-state index contributed by atoms with van der Waals surface area (Å²) in [7, 11) is 0. The summed E-state index contributed by atoms with van der Waals surface area (Å²) in [4.78, 5) is 0. The van der Waals surface area contributed by atoms with Gasteiger partial charge in [0.2, 0.25) is 0 Å². The molecule has 3 nitrogen and oxygen atoms in total. The van der Waals surface area contributed by atoms with Gasteiger partial charge in [0, 0.05) is 5.25 Å². The van der Waals surface area contributed by atoms with E-state index in [0.29, 0.717) is 5.56 Å². The van der Waals surface area contributed by atoms with E-state index in [1.807, 2.05) is 6.92 Å². The molecule has 1 aromatic rings. The van der Waals surface area contributed by atoms with Crippen molar-refractivity contribution in [3.05, 3.63) is 41.5 Å². The van der Waals surface area contributed by atoms with Gasteiger partial charge in [-0.15, -0.1) is 0 Å². The normalized spacial score (nSPS) is 14.3. The SMILES string of the molecule is CCOP(=O)(OCC)SC(C)/C=C/c1ccc(C(F)(F)F)cc1. The van der Waals surface area contributed by atoms with Crippen LogP contribution in [0, 0.1) is 0 Å². The van der Waals surface area contributed by atoms with Gasteiger partial charge >= 0.3 is 13.0 Å². The van der Waals surface area contributed by atoms with E-state index in [-0.39, 0.29) is 18.5 Å². The topological polar surface area (TPSA) is 35.5 Å². The molecule has 0 bridgehead atoms. The summed E-state index contributed by atoms with van der Waals surface area (Å²) in [6.07, 6.45) is -0.912. The molecule has 0 aromatic heterocycles. The van der Waals surface area contributed by atoms with Crippen molar-refractivity contribution < 1.29 is 26.8 Å². The van der Waals surface area contributed by atoms with E-state index in [1.54, 1.807) is 26.0 Å². The molecule has 23 heavy (non-hydrogen) atoms. The average Bonchev–Trinajstić information content (AvgIpc) is 2.45. The quantitative estimate of drug-likeness (QED) is 0.526. The summed E-state index contributed by atoms with van der Waals surface area (Å²) in [5, 5.41) is -0.179. The molecule has 0 amide bonds. The van der Waals surface area contributed by atoms with Crippen LogP contribution in [-0.2, 0) is 19.8 Å². The Labute approximate surface area is 138 Å². The van der Waals surface area contributed by atoms with Crippen LogP contribution in [0.15, 0.2) is 30.3 Å². The number of alkyl halides is 3. The number of rotatable bonds is 8. The predicted octanol–water partition coefficient (Wildman–Crippen LogP) is 6.02. The molecule has 1 unspecified atom stereocenters. The third kappa shape index (κ3) is 7.12. The smallest absolute Gasteiger partial charge is 0.301 e. The van der Waals surface area contributed by atoms with Gasteiger partial charge in [0.1, 0.15) is 0 Å². The van der Waals surface area contributed by atoms with Gasteiger partial charge < -0.3 is 9.05 Å². The van der Waals surface area contributed by atoms with E-state index >= 15 is 0 Å². The Balaban J connectivity index is 2.70. The summed E-state index contributed by atoms with van der Waals surface area (Å²) in [5.74, 6) is 0. The van der Waals surface area contributed by atoms with Gasteiger partial charge in [-0.3, -0.25) is 0 Å². The first-order chi connectivity index (χ1) is 10.7. The molecule has 1 atom stereocenters. The Morgan fingerprint density at radius 2 is 1.70 bits per heavy atom. The molecule has 0 spiro atoms. The minimum Gasteiger partial charge on any atom is -0.301 e. The van der Waals surface area contributed by atoms with Gasteiger partial charge in [-0.2, -0.15) is 13.2 Å². The van der Waals surface area contributed by atoms with Crippen LogP contribution in [0.1, 0.15) is 31.9 Å². The highest BCUT2D eigenvalue weighted by Gasteiger charge is 2.30. The Morgan fingerprint density at radius 3 is 2.13 bits per heavy atom. The molecular formula is C15H20F3O3PS. The van der Waals surface area contributed by atoms with Crippen molar-refractivity contribution >= 4 is 24.3 Å². The zero-order valence-electron chi connectivity index (χ0n) is 13.2. The third-order valence-electron chi connectivity index (χ3n) is 2.67. The van der Waals surface area contributed by atoms with Crippen molar-refractivity contribution in [1.82, 2.24) is 0 Å². The molecular weight excluding hydrogens is 348 g/mol. The van der Waals surface area contributed by atoms with Crippen molar-refractivity contribution in [1.29, 1.82) is 0 Å². The van der Waals surface area contributed by atoms with Crippen LogP contribution >= 0.6 is 18.2 Å². The fraction of sp³-hybridized carbons (Fsp3) is 0.467. The number of hydrogen-bond acceptors (Lipinski definition) is 4. The van der Waals surface area contributed by atoms with Crippen LogP contribution in [0.5, 0.6) is 0 Å². The van der Waals surface area contributed by atoms with Crippen molar-refractivity contribution in [2.75, 3.05) is 13.2 Å². The second-order valence-electron chi connectivity index (χ2n) is 4.57. The first kappa shape index (κ1) is 20.3. The maximum atomic E-state index is 12.5. The van der Waals surface area contributed by atoms with E-state index in [0.717, 1.165) is 23.5 Å². The molecule has 0 fully saturated rings. The highest BCUT2D eigenvalue weighted by molar-refractivity contribution is 8.55. The summed E-state index contributed by atoms with van der Waals surface area (Å²) in [6, 6.07) is 4.84. The lowest BCUT2D eigenvalue weighted by Gasteiger charge is -2.18. The highest BCUT2D eigenvalue weighted by atomic mass is 32.7. The molecule has 1 aromatic carbocycles. The highest BCUT2D eigenvalue weighted by Crippen LogP contribution is 2.62. The molecule has 0 heterocycles. The van der Waals surface area contributed by atoms with E-state index < -0.39 is 18.5 Å². The van der Waals surface area contributed by atoms with Crippen LogP contribution in [0.3, 0.4) is 0 Å². The van der Waals surface area contributed by atoms with E-state index in [1.165, 1.54) is 12.1 Å². The monoisotopic (exact) mass is 368 g/mol. The minimum absolute atomic E-state index is 0.179. The Hall–Kier alpha value is -0.750. The largest absolute Gasteiger partial charge is 0.416 e. The lowest BCUT2D eigenvalue weighted by Crippen LogP contribution is -2.04. The number of hydrogen-bond donors (Lipinski definition) is 0. The van der Waals surface area contributed by atoms with Crippen molar-refractivity contribution in [2.45, 2.75) is 32.2 Å². The summed E-state index contributed by atoms with van der Waals surface area (Å²) in [6.45, 7) is 2.62. The number of benzene rings is 1. The van der Waals surface area contributed by atoms with Gasteiger partial charge in [0.25, 0.3) is 0 Å². The second-order valence-corrected chi connectivity index (χ2v) is 8.91. The minimum atomic E-state index is -4.34. The lowest BCUT2D eigenvalue weighted by molar-refractivity contribution is -0.137. The second kappa shape index (κ2) is 8.92. The Kier molecular flexibility index (Phi) is 7.87. The average molecular weight is 368 g/mol. The van der Waals surface area contributed by atoms with Crippen LogP contribution in [-0.4, -0.2) is 18.5 Å². The molecule has 8 heteroatoms. The van der Waals surface area contributed by atoms with E-state index in [9.17, 15) is 17.7 Å². The maximum Gasteiger partial charge on any atom is 0.416 e. The van der Waals surface area contributed by atoms with Gasteiger partial charge in [-0.05, 0) is 49.8 Å². The van der Waals surface area contributed by atoms with Crippen LogP contribution in [0.4, 0.5) is 13.2 Å². The van der Waals surface area contributed by atoms with Crippen LogP contribution in [0.2, 0.25) is 0 Å². The first-order valence-corrected chi connectivity index (χ1v) is 10.2. The van der Waals surface area contributed by atoms with E-state index in [2.05, 4.69) is 0 Å². The fourth-order valence-electron chi connectivity index (χ4n) is 1.68. The zero-order chi connectivity index (χ0) is 17.5. The summed E-state index contributed by atoms with van der Waals surface area (Å²) in [5.41, 5.74) is -0.0534. The lowest BCUT2D eigenvalue weighted by atomic mass is 10.1. The maximum absolute atomic E-state index is 12.5. The number of halogens is 3.